The third-order valence-electron chi connectivity index (χ3n) is 2.36. The molecule has 84 valence electrons. The molecule has 0 atom stereocenters. The summed E-state index contributed by atoms with van der Waals surface area (Å²) in [5, 5.41) is 0. The summed E-state index contributed by atoms with van der Waals surface area (Å²) in [5.74, 6) is 1.84. The Morgan fingerprint density at radius 1 is 1.20 bits per heavy atom. The van der Waals surface area contributed by atoms with Crippen molar-refractivity contribution in [3.05, 3.63) is 12.4 Å². The molecule has 0 aliphatic rings. The first kappa shape index (κ1) is 11.7. The highest BCUT2D eigenvalue weighted by atomic mass is 15.2. The maximum Gasteiger partial charge on any atom is 0.133 e. The van der Waals surface area contributed by atoms with Gasteiger partial charge in [-0.1, -0.05) is 0 Å². The molecule has 5 heteroatoms. The van der Waals surface area contributed by atoms with Crippen LogP contribution in [-0.2, 0) is 0 Å². The normalized spacial score (nSPS) is 10.1. The summed E-state index contributed by atoms with van der Waals surface area (Å²) in [4.78, 5) is 12.5. The van der Waals surface area contributed by atoms with Crippen LogP contribution in [0, 0.1) is 0 Å². The van der Waals surface area contributed by atoms with E-state index in [1.165, 1.54) is 0 Å². The minimum Gasteiger partial charge on any atom is -0.360 e. The summed E-state index contributed by atoms with van der Waals surface area (Å²) in [6.07, 6.45) is 1.59. The highest BCUT2D eigenvalue weighted by Gasteiger charge is 2.05. The maximum absolute atomic E-state index is 5.50. The second-order valence-electron chi connectivity index (χ2n) is 3.46. The van der Waals surface area contributed by atoms with E-state index in [2.05, 4.69) is 21.8 Å². The summed E-state index contributed by atoms with van der Waals surface area (Å²) in [6.45, 7) is 4.44. The molecule has 1 heterocycles. The number of hydrogen-bond donors (Lipinski definition) is 1. The lowest BCUT2D eigenvalue weighted by molar-refractivity contribution is 0.856. The predicted octanol–water partition coefficient (Wildman–Crippen LogP) is 0.328. The number of nitrogens with zero attached hydrogens (tertiary/aromatic N) is 4. The fourth-order valence-electron chi connectivity index (χ4n) is 1.22. The molecule has 0 amide bonds. The van der Waals surface area contributed by atoms with Crippen molar-refractivity contribution in [1.82, 2.24) is 9.97 Å². The van der Waals surface area contributed by atoms with Crippen LogP contribution in [0.25, 0.3) is 0 Å². The third kappa shape index (κ3) is 3.06. The second kappa shape index (κ2) is 5.50. The van der Waals surface area contributed by atoms with Crippen molar-refractivity contribution < 1.29 is 0 Å². The Hall–Kier alpha value is -1.36. The molecule has 0 saturated heterocycles. The van der Waals surface area contributed by atoms with Crippen LogP contribution in [0.3, 0.4) is 0 Å². The molecule has 0 fully saturated rings. The number of nitrogens with two attached hydrogens (primary N) is 1. The molecule has 0 aliphatic carbocycles. The lowest BCUT2D eigenvalue weighted by atomic mass is 10.4. The summed E-state index contributed by atoms with van der Waals surface area (Å²) >= 11 is 0. The molecule has 0 radical (unpaired) electrons. The van der Waals surface area contributed by atoms with Crippen molar-refractivity contribution in [3.63, 3.8) is 0 Å². The van der Waals surface area contributed by atoms with Crippen molar-refractivity contribution >= 4 is 11.6 Å². The first-order valence-electron chi connectivity index (χ1n) is 5.13. The lowest BCUT2D eigenvalue weighted by Crippen LogP contribution is -2.26. The van der Waals surface area contributed by atoms with Gasteiger partial charge in [-0.3, -0.25) is 0 Å². The summed E-state index contributed by atoms with van der Waals surface area (Å²) in [7, 11) is 3.99. The molecule has 0 saturated carbocycles. The van der Waals surface area contributed by atoms with E-state index in [1.54, 1.807) is 6.33 Å². The van der Waals surface area contributed by atoms with Crippen molar-refractivity contribution in [1.29, 1.82) is 0 Å². The molecule has 2 N–H and O–H groups in total. The van der Waals surface area contributed by atoms with E-state index in [0.29, 0.717) is 6.54 Å². The Kier molecular flexibility index (Phi) is 4.30. The van der Waals surface area contributed by atoms with E-state index in [-0.39, 0.29) is 0 Å². The van der Waals surface area contributed by atoms with Gasteiger partial charge >= 0.3 is 0 Å². The maximum atomic E-state index is 5.50. The SMILES string of the molecule is CCN(C)c1cc(N(C)CCN)ncn1. The van der Waals surface area contributed by atoms with Crippen LogP contribution in [-0.4, -0.2) is 43.7 Å². The quantitative estimate of drug-likeness (QED) is 0.757. The van der Waals surface area contributed by atoms with Gasteiger partial charge in [-0.25, -0.2) is 9.97 Å². The highest BCUT2D eigenvalue weighted by molar-refractivity contribution is 5.49. The van der Waals surface area contributed by atoms with Gasteiger partial charge in [0.1, 0.15) is 18.0 Å². The standard InChI is InChI=1S/C10H19N5/c1-4-14(2)9-7-10(13-8-12-9)15(3)6-5-11/h7-8H,4-6,11H2,1-3H3. The molecule has 1 aromatic heterocycles. The van der Waals surface area contributed by atoms with E-state index in [0.717, 1.165) is 24.7 Å². The fourth-order valence-corrected chi connectivity index (χ4v) is 1.22. The first-order valence-corrected chi connectivity index (χ1v) is 5.13. The molecule has 1 aromatic rings. The van der Waals surface area contributed by atoms with Gasteiger partial charge in [-0.2, -0.15) is 0 Å². The zero-order valence-electron chi connectivity index (χ0n) is 9.64. The smallest absolute Gasteiger partial charge is 0.133 e. The minimum atomic E-state index is 0.624. The van der Waals surface area contributed by atoms with Crippen LogP contribution in [0.2, 0.25) is 0 Å². The molecule has 0 unspecified atom stereocenters. The fraction of sp³-hybridized carbons (Fsp3) is 0.600. The largest absolute Gasteiger partial charge is 0.360 e. The Bertz CT molecular complexity index is 302. The number of hydrogen-bond acceptors (Lipinski definition) is 5. The summed E-state index contributed by atoms with van der Waals surface area (Å²) < 4.78 is 0. The Morgan fingerprint density at radius 2 is 1.80 bits per heavy atom. The van der Waals surface area contributed by atoms with Crippen molar-refractivity contribution in [2.24, 2.45) is 5.73 Å². The van der Waals surface area contributed by atoms with E-state index < -0.39 is 0 Å². The molecule has 0 bridgehead atoms. The Labute approximate surface area is 90.9 Å². The van der Waals surface area contributed by atoms with Gasteiger partial charge in [-0.15, -0.1) is 0 Å². The molecular formula is C10H19N5. The van der Waals surface area contributed by atoms with E-state index >= 15 is 0 Å². The average molecular weight is 209 g/mol. The van der Waals surface area contributed by atoms with Crippen molar-refractivity contribution in [2.45, 2.75) is 6.92 Å². The Morgan fingerprint density at radius 3 is 2.33 bits per heavy atom. The van der Waals surface area contributed by atoms with E-state index in [4.69, 9.17) is 5.73 Å². The topological polar surface area (TPSA) is 58.3 Å². The summed E-state index contributed by atoms with van der Waals surface area (Å²) in [6, 6.07) is 1.97. The van der Waals surface area contributed by atoms with E-state index in [9.17, 15) is 0 Å². The van der Waals surface area contributed by atoms with Gasteiger partial charge in [0.15, 0.2) is 0 Å². The van der Waals surface area contributed by atoms with Gasteiger partial charge in [0.05, 0.1) is 0 Å². The monoisotopic (exact) mass is 209 g/mol. The highest BCUT2D eigenvalue weighted by Crippen LogP contribution is 2.14. The number of likely N-dealkylation sites (N-methyl/N-ethyl adjacent to an activating group) is 1. The lowest BCUT2D eigenvalue weighted by Gasteiger charge is -2.20. The van der Waals surface area contributed by atoms with Crippen molar-refractivity contribution in [2.75, 3.05) is 43.5 Å². The molecule has 5 nitrogen and oxygen atoms in total. The molecule has 0 aromatic carbocycles. The first-order chi connectivity index (χ1) is 7.19. The van der Waals surface area contributed by atoms with Gasteiger partial charge in [0, 0.05) is 39.8 Å². The van der Waals surface area contributed by atoms with Gasteiger partial charge in [0.2, 0.25) is 0 Å². The van der Waals surface area contributed by atoms with Gasteiger partial charge < -0.3 is 15.5 Å². The Balaban J connectivity index is 2.82. The molecule has 1 rings (SSSR count). The predicted molar refractivity (Wildman–Crippen MR) is 63.3 cm³/mol. The number of aromatic nitrogens is 2. The molecule has 15 heavy (non-hydrogen) atoms. The van der Waals surface area contributed by atoms with Crippen LogP contribution < -0.4 is 15.5 Å². The number of anilines is 2. The van der Waals surface area contributed by atoms with Crippen LogP contribution in [0.5, 0.6) is 0 Å². The molecule has 0 spiro atoms. The van der Waals surface area contributed by atoms with Crippen LogP contribution in [0.15, 0.2) is 12.4 Å². The van der Waals surface area contributed by atoms with Crippen molar-refractivity contribution in [3.8, 4) is 0 Å². The second-order valence-corrected chi connectivity index (χ2v) is 3.46. The minimum absolute atomic E-state index is 0.624. The average Bonchev–Trinajstić information content (AvgIpc) is 2.28. The molecule has 0 aliphatic heterocycles. The zero-order valence-corrected chi connectivity index (χ0v) is 9.64. The third-order valence-corrected chi connectivity index (χ3v) is 2.36. The zero-order chi connectivity index (χ0) is 11.3. The molecular weight excluding hydrogens is 190 g/mol. The van der Waals surface area contributed by atoms with Gasteiger partial charge in [-0.05, 0) is 6.92 Å². The van der Waals surface area contributed by atoms with E-state index in [1.807, 2.05) is 25.1 Å². The summed E-state index contributed by atoms with van der Waals surface area (Å²) in [5.41, 5.74) is 5.50. The van der Waals surface area contributed by atoms with Crippen LogP contribution in [0.1, 0.15) is 6.92 Å². The number of rotatable bonds is 5. The van der Waals surface area contributed by atoms with Crippen LogP contribution in [0.4, 0.5) is 11.6 Å². The van der Waals surface area contributed by atoms with Gasteiger partial charge in [0.25, 0.3) is 0 Å². The van der Waals surface area contributed by atoms with Crippen LogP contribution >= 0.6 is 0 Å².